The highest BCUT2D eigenvalue weighted by Crippen LogP contribution is 2.27. The van der Waals surface area contributed by atoms with Crippen LogP contribution in [-0.4, -0.2) is 25.9 Å². The third kappa shape index (κ3) is 6.76. The van der Waals surface area contributed by atoms with Crippen molar-refractivity contribution in [3.05, 3.63) is 29.8 Å². The Labute approximate surface area is 150 Å². The summed E-state index contributed by atoms with van der Waals surface area (Å²) in [5.41, 5.74) is 6.73. The number of carbonyl (C=O) groups is 1. The van der Waals surface area contributed by atoms with Gasteiger partial charge in [0, 0.05) is 23.7 Å². The Morgan fingerprint density at radius 1 is 1.28 bits per heavy atom. The molecule has 1 aromatic carbocycles. The number of sulfonamides is 1. The lowest BCUT2D eigenvalue weighted by Gasteiger charge is -2.20. The monoisotopic (exact) mass is 367 g/mol. The standard InChI is InChI=1S/C18H29N3O3S/c1-18(2,3)21-25(23,24)12-13-6-4-8-15(10-13)20-17(22)11-14-7-5-9-16(14)19/h4,6,8,10,14,16,21H,5,7,9,11-12,19H2,1-3H3,(H,20,22)/t14-,16+/m0/s1. The van der Waals surface area contributed by atoms with E-state index in [0.717, 1.165) is 19.3 Å². The van der Waals surface area contributed by atoms with Gasteiger partial charge in [0.2, 0.25) is 15.9 Å². The molecule has 0 radical (unpaired) electrons. The van der Waals surface area contributed by atoms with Crippen molar-refractivity contribution in [2.24, 2.45) is 11.7 Å². The molecule has 1 saturated carbocycles. The van der Waals surface area contributed by atoms with Gasteiger partial charge in [-0.25, -0.2) is 13.1 Å². The zero-order valence-corrected chi connectivity index (χ0v) is 16.0. The van der Waals surface area contributed by atoms with Crippen LogP contribution in [0, 0.1) is 5.92 Å². The summed E-state index contributed by atoms with van der Waals surface area (Å²) in [4.78, 5) is 12.2. The maximum absolute atomic E-state index is 12.2. The fourth-order valence-electron chi connectivity index (χ4n) is 3.23. The van der Waals surface area contributed by atoms with Gasteiger partial charge in [0.15, 0.2) is 0 Å². The molecule has 1 fully saturated rings. The Hall–Kier alpha value is -1.44. The summed E-state index contributed by atoms with van der Waals surface area (Å²) in [7, 11) is -3.44. The van der Waals surface area contributed by atoms with E-state index in [0.29, 0.717) is 17.7 Å². The van der Waals surface area contributed by atoms with Crippen LogP contribution in [0.15, 0.2) is 24.3 Å². The van der Waals surface area contributed by atoms with E-state index in [9.17, 15) is 13.2 Å². The summed E-state index contributed by atoms with van der Waals surface area (Å²) in [6.07, 6.45) is 3.46. The number of rotatable bonds is 6. The molecule has 4 N–H and O–H groups in total. The maximum atomic E-state index is 12.2. The fraction of sp³-hybridized carbons (Fsp3) is 0.611. The molecule has 0 heterocycles. The van der Waals surface area contributed by atoms with E-state index in [1.807, 2.05) is 0 Å². The minimum absolute atomic E-state index is 0.0739. The molecular formula is C18H29N3O3S. The van der Waals surface area contributed by atoms with Crippen LogP contribution in [0.1, 0.15) is 52.0 Å². The zero-order chi connectivity index (χ0) is 18.7. The zero-order valence-electron chi connectivity index (χ0n) is 15.2. The van der Waals surface area contributed by atoms with Gasteiger partial charge in [0.1, 0.15) is 0 Å². The average molecular weight is 368 g/mol. The van der Waals surface area contributed by atoms with Crippen LogP contribution in [-0.2, 0) is 20.6 Å². The van der Waals surface area contributed by atoms with Crippen molar-refractivity contribution in [3.8, 4) is 0 Å². The summed E-state index contributed by atoms with van der Waals surface area (Å²) >= 11 is 0. The second kappa shape index (κ2) is 7.85. The fourth-order valence-corrected chi connectivity index (χ4v) is 4.85. The highest BCUT2D eigenvalue weighted by molar-refractivity contribution is 7.88. The number of amides is 1. The van der Waals surface area contributed by atoms with Gasteiger partial charge in [-0.3, -0.25) is 4.79 Å². The number of nitrogens with one attached hydrogen (secondary N) is 2. The Bertz CT molecular complexity index is 711. The molecule has 1 aromatic rings. The molecule has 2 rings (SSSR count). The van der Waals surface area contributed by atoms with Crippen molar-refractivity contribution < 1.29 is 13.2 Å². The first-order valence-corrected chi connectivity index (χ1v) is 10.4. The molecule has 0 aromatic heterocycles. The molecule has 6 nitrogen and oxygen atoms in total. The van der Waals surface area contributed by atoms with Crippen molar-refractivity contribution >= 4 is 21.6 Å². The van der Waals surface area contributed by atoms with Crippen molar-refractivity contribution in [2.45, 2.75) is 63.8 Å². The van der Waals surface area contributed by atoms with Gasteiger partial charge in [-0.15, -0.1) is 0 Å². The molecule has 1 aliphatic rings. The van der Waals surface area contributed by atoms with E-state index in [-0.39, 0.29) is 23.6 Å². The molecule has 7 heteroatoms. The largest absolute Gasteiger partial charge is 0.327 e. The summed E-state index contributed by atoms with van der Waals surface area (Å²) in [5.74, 6) is 0.0382. The first-order chi connectivity index (χ1) is 11.5. The molecule has 0 bridgehead atoms. The molecule has 0 saturated heterocycles. The minimum Gasteiger partial charge on any atom is -0.327 e. The second-order valence-electron chi connectivity index (χ2n) is 7.92. The lowest BCUT2D eigenvalue weighted by molar-refractivity contribution is -0.117. The third-order valence-electron chi connectivity index (χ3n) is 4.19. The molecule has 1 amide bonds. The normalized spacial score (nSPS) is 21.3. The van der Waals surface area contributed by atoms with Gasteiger partial charge < -0.3 is 11.1 Å². The van der Waals surface area contributed by atoms with Crippen LogP contribution in [0.4, 0.5) is 5.69 Å². The third-order valence-corrected chi connectivity index (χ3v) is 5.83. The molecule has 140 valence electrons. The molecular weight excluding hydrogens is 338 g/mol. The van der Waals surface area contributed by atoms with Gasteiger partial charge in [-0.2, -0.15) is 0 Å². The molecule has 25 heavy (non-hydrogen) atoms. The molecule has 0 spiro atoms. The molecule has 0 aliphatic heterocycles. The van der Waals surface area contributed by atoms with Gasteiger partial charge >= 0.3 is 0 Å². The topological polar surface area (TPSA) is 101 Å². The van der Waals surface area contributed by atoms with Gasteiger partial charge in [0.05, 0.1) is 5.75 Å². The predicted octanol–water partition coefficient (Wildman–Crippen LogP) is 2.36. The Kier molecular flexibility index (Phi) is 6.24. The van der Waals surface area contributed by atoms with Gasteiger partial charge in [0.25, 0.3) is 0 Å². The number of benzene rings is 1. The highest BCUT2D eigenvalue weighted by atomic mass is 32.2. The van der Waals surface area contributed by atoms with E-state index in [4.69, 9.17) is 5.73 Å². The number of carbonyl (C=O) groups excluding carboxylic acids is 1. The van der Waals surface area contributed by atoms with E-state index in [1.54, 1.807) is 45.0 Å². The number of hydrogen-bond donors (Lipinski definition) is 3. The smallest absolute Gasteiger partial charge is 0.224 e. The van der Waals surface area contributed by atoms with E-state index >= 15 is 0 Å². The first-order valence-electron chi connectivity index (χ1n) is 8.70. The SMILES string of the molecule is CC(C)(C)NS(=O)(=O)Cc1cccc(NC(=O)C[C@@H]2CCC[C@H]2N)c1. The van der Waals surface area contributed by atoms with Crippen molar-refractivity contribution in [2.75, 3.05) is 5.32 Å². The van der Waals surface area contributed by atoms with Crippen LogP contribution in [0.25, 0.3) is 0 Å². The van der Waals surface area contributed by atoms with Gasteiger partial charge in [-0.05, 0) is 57.2 Å². The van der Waals surface area contributed by atoms with E-state index < -0.39 is 15.6 Å². The second-order valence-corrected chi connectivity index (χ2v) is 9.64. The Balaban J connectivity index is 1.97. The average Bonchev–Trinajstić information content (AvgIpc) is 2.81. The van der Waals surface area contributed by atoms with E-state index in [1.165, 1.54) is 0 Å². The molecule has 0 unspecified atom stereocenters. The summed E-state index contributed by atoms with van der Waals surface area (Å²) in [6, 6.07) is 7.06. The predicted molar refractivity (Wildman–Crippen MR) is 101 cm³/mol. The van der Waals surface area contributed by atoms with Crippen molar-refractivity contribution in [3.63, 3.8) is 0 Å². The quantitative estimate of drug-likeness (QED) is 0.718. The minimum atomic E-state index is -3.44. The van der Waals surface area contributed by atoms with Crippen molar-refractivity contribution in [1.29, 1.82) is 0 Å². The summed E-state index contributed by atoms with van der Waals surface area (Å²) < 4.78 is 27.0. The lowest BCUT2D eigenvalue weighted by atomic mass is 10.00. The maximum Gasteiger partial charge on any atom is 0.224 e. The van der Waals surface area contributed by atoms with Crippen LogP contribution >= 0.6 is 0 Å². The molecule has 2 atom stereocenters. The van der Waals surface area contributed by atoms with Crippen LogP contribution in [0.2, 0.25) is 0 Å². The molecule has 1 aliphatic carbocycles. The van der Waals surface area contributed by atoms with E-state index in [2.05, 4.69) is 10.0 Å². The van der Waals surface area contributed by atoms with Crippen LogP contribution in [0.3, 0.4) is 0 Å². The highest BCUT2D eigenvalue weighted by Gasteiger charge is 2.26. The van der Waals surface area contributed by atoms with Crippen LogP contribution in [0.5, 0.6) is 0 Å². The van der Waals surface area contributed by atoms with Crippen LogP contribution < -0.4 is 15.8 Å². The first kappa shape index (κ1) is 19.9. The number of hydrogen-bond acceptors (Lipinski definition) is 4. The van der Waals surface area contributed by atoms with Crippen molar-refractivity contribution in [1.82, 2.24) is 4.72 Å². The number of nitrogens with two attached hydrogens (primary N) is 1. The Morgan fingerprint density at radius 3 is 2.60 bits per heavy atom. The van der Waals surface area contributed by atoms with Gasteiger partial charge in [-0.1, -0.05) is 18.6 Å². The number of anilines is 1. The Morgan fingerprint density at radius 2 is 2.00 bits per heavy atom. The summed E-state index contributed by atoms with van der Waals surface area (Å²) in [6.45, 7) is 5.40. The lowest BCUT2D eigenvalue weighted by Crippen LogP contribution is -2.41. The summed E-state index contributed by atoms with van der Waals surface area (Å²) in [5, 5.41) is 2.85.